The summed E-state index contributed by atoms with van der Waals surface area (Å²) in [6.07, 6.45) is -3.95. The van der Waals surface area contributed by atoms with Gasteiger partial charge in [-0.3, -0.25) is 4.98 Å². The first-order chi connectivity index (χ1) is 15.3. The van der Waals surface area contributed by atoms with E-state index in [0.29, 0.717) is 27.5 Å². The van der Waals surface area contributed by atoms with Crippen molar-refractivity contribution in [2.24, 2.45) is 7.05 Å². The van der Waals surface area contributed by atoms with Gasteiger partial charge in [-0.1, -0.05) is 28.9 Å². The number of halogens is 6. The Labute approximate surface area is 192 Å². The standard InChI is InChI=1S/C20H14BrF5N4O2S/c1-3-33(31,32)16-13-5-4-12(21)6-10(13)8-27-15(16)18-29-14-7-11(9-28-17(14)30(18)2)19(22,23)20(24,25)26/h4-9H,3H2,1-2H3. The van der Waals surface area contributed by atoms with E-state index in [1.807, 2.05) is 0 Å². The number of benzene rings is 1. The van der Waals surface area contributed by atoms with E-state index in [1.54, 1.807) is 18.2 Å². The Bertz CT molecular complexity index is 1520. The molecule has 4 rings (SSSR count). The lowest BCUT2D eigenvalue weighted by Gasteiger charge is -2.19. The van der Waals surface area contributed by atoms with E-state index >= 15 is 0 Å². The van der Waals surface area contributed by atoms with Crippen molar-refractivity contribution in [3.8, 4) is 11.5 Å². The van der Waals surface area contributed by atoms with Gasteiger partial charge in [0.1, 0.15) is 16.1 Å². The fraction of sp³-hybridized carbons (Fsp3) is 0.250. The highest BCUT2D eigenvalue weighted by atomic mass is 79.9. The molecule has 33 heavy (non-hydrogen) atoms. The molecule has 0 bridgehead atoms. The highest BCUT2D eigenvalue weighted by Gasteiger charge is 2.59. The van der Waals surface area contributed by atoms with E-state index < -0.39 is 27.5 Å². The van der Waals surface area contributed by atoms with Gasteiger partial charge in [-0.05, 0) is 18.2 Å². The summed E-state index contributed by atoms with van der Waals surface area (Å²) >= 11 is 3.32. The minimum atomic E-state index is -5.81. The molecule has 0 aliphatic rings. The third kappa shape index (κ3) is 3.76. The number of fused-ring (bicyclic) bond motifs is 2. The zero-order valence-electron chi connectivity index (χ0n) is 17.0. The molecule has 3 aromatic heterocycles. The number of hydrogen-bond donors (Lipinski definition) is 0. The van der Waals surface area contributed by atoms with Gasteiger partial charge in [0.25, 0.3) is 0 Å². The molecule has 0 atom stereocenters. The van der Waals surface area contributed by atoms with Crippen molar-refractivity contribution >= 4 is 47.7 Å². The van der Waals surface area contributed by atoms with Gasteiger partial charge < -0.3 is 4.57 Å². The van der Waals surface area contributed by atoms with E-state index in [4.69, 9.17) is 0 Å². The number of pyridine rings is 2. The quantitative estimate of drug-likeness (QED) is 0.319. The summed E-state index contributed by atoms with van der Waals surface area (Å²) in [5.74, 6) is -5.42. The summed E-state index contributed by atoms with van der Waals surface area (Å²) in [5.41, 5.74) is -1.70. The molecular weight excluding hydrogens is 535 g/mol. The maximum absolute atomic E-state index is 13.8. The third-order valence-electron chi connectivity index (χ3n) is 5.14. The average Bonchev–Trinajstić information content (AvgIpc) is 3.07. The molecule has 1 aromatic carbocycles. The fourth-order valence-electron chi connectivity index (χ4n) is 3.41. The molecule has 0 radical (unpaired) electrons. The molecule has 0 spiro atoms. The highest BCUT2D eigenvalue weighted by molar-refractivity contribution is 9.10. The summed E-state index contributed by atoms with van der Waals surface area (Å²) in [7, 11) is -2.40. The predicted molar refractivity (Wildman–Crippen MR) is 115 cm³/mol. The van der Waals surface area contributed by atoms with Crippen LogP contribution in [-0.4, -0.2) is 39.9 Å². The van der Waals surface area contributed by atoms with Crippen molar-refractivity contribution in [3.63, 3.8) is 0 Å². The molecule has 0 aliphatic heterocycles. The van der Waals surface area contributed by atoms with Gasteiger partial charge in [0, 0.05) is 34.7 Å². The number of aromatic nitrogens is 4. The van der Waals surface area contributed by atoms with E-state index in [2.05, 4.69) is 30.9 Å². The Morgan fingerprint density at radius 2 is 1.76 bits per heavy atom. The van der Waals surface area contributed by atoms with Crippen LogP contribution in [0.2, 0.25) is 0 Å². The van der Waals surface area contributed by atoms with Crippen LogP contribution in [0.5, 0.6) is 0 Å². The maximum Gasteiger partial charge on any atom is 0.458 e. The predicted octanol–water partition coefficient (Wildman–Crippen LogP) is 5.39. The maximum atomic E-state index is 13.8. The lowest BCUT2D eigenvalue weighted by molar-refractivity contribution is -0.289. The first kappa shape index (κ1) is 23.5. The van der Waals surface area contributed by atoms with Gasteiger partial charge in [-0.2, -0.15) is 22.0 Å². The molecule has 3 heterocycles. The molecule has 0 fully saturated rings. The zero-order valence-corrected chi connectivity index (χ0v) is 19.4. The van der Waals surface area contributed by atoms with Crippen LogP contribution in [0, 0.1) is 0 Å². The van der Waals surface area contributed by atoms with Crippen LogP contribution in [0.25, 0.3) is 33.5 Å². The Kier molecular flexibility index (Phi) is 5.47. The third-order valence-corrected chi connectivity index (χ3v) is 7.43. The number of alkyl halides is 5. The van der Waals surface area contributed by atoms with Crippen molar-refractivity contribution < 1.29 is 30.4 Å². The van der Waals surface area contributed by atoms with Crippen LogP contribution in [0.4, 0.5) is 22.0 Å². The van der Waals surface area contributed by atoms with Crippen molar-refractivity contribution in [1.82, 2.24) is 19.5 Å². The highest BCUT2D eigenvalue weighted by Crippen LogP contribution is 2.44. The summed E-state index contributed by atoms with van der Waals surface area (Å²) in [5, 5.41) is 0.901. The number of sulfone groups is 1. The number of nitrogens with zero attached hydrogens (tertiary/aromatic N) is 4. The second kappa shape index (κ2) is 7.69. The second-order valence-corrected chi connectivity index (χ2v) is 10.3. The van der Waals surface area contributed by atoms with Gasteiger partial charge in [-0.25, -0.2) is 18.4 Å². The minimum Gasteiger partial charge on any atom is -0.310 e. The SMILES string of the molecule is CCS(=O)(=O)c1c(-c2nc3cc(C(F)(F)C(F)(F)F)cnc3n2C)ncc2cc(Br)ccc12. The van der Waals surface area contributed by atoms with Crippen molar-refractivity contribution in [1.29, 1.82) is 0 Å². The lowest BCUT2D eigenvalue weighted by atomic mass is 10.1. The molecule has 4 aromatic rings. The molecule has 0 aliphatic carbocycles. The number of aryl methyl sites for hydroxylation is 1. The molecule has 13 heteroatoms. The van der Waals surface area contributed by atoms with Crippen molar-refractivity contribution in [3.05, 3.63) is 46.7 Å². The molecule has 174 valence electrons. The zero-order chi connectivity index (χ0) is 24.3. The normalized spacial score (nSPS) is 13.2. The van der Waals surface area contributed by atoms with Crippen LogP contribution in [-0.2, 0) is 22.8 Å². The smallest absolute Gasteiger partial charge is 0.310 e. The fourth-order valence-corrected chi connectivity index (χ4v) is 5.04. The summed E-state index contributed by atoms with van der Waals surface area (Å²) < 4.78 is 93.9. The van der Waals surface area contributed by atoms with E-state index in [0.717, 1.165) is 0 Å². The van der Waals surface area contributed by atoms with Gasteiger partial charge >= 0.3 is 12.1 Å². The van der Waals surface area contributed by atoms with E-state index in [1.165, 1.54) is 24.7 Å². The monoisotopic (exact) mass is 548 g/mol. The van der Waals surface area contributed by atoms with Gasteiger partial charge in [0.2, 0.25) is 0 Å². The van der Waals surface area contributed by atoms with Gasteiger partial charge in [-0.15, -0.1) is 0 Å². The first-order valence-corrected chi connectivity index (χ1v) is 11.8. The topological polar surface area (TPSA) is 77.7 Å². The van der Waals surface area contributed by atoms with Crippen LogP contribution in [0.15, 0.2) is 46.0 Å². The lowest BCUT2D eigenvalue weighted by Crippen LogP contribution is -2.33. The largest absolute Gasteiger partial charge is 0.458 e. The second-order valence-electron chi connectivity index (χ2n) is 7.20. The Hall–Kier alpha value is -2.67. The van der Waals surface area contributed by atoms with E-state index in [-0.39, 0.29) is 33.3 Å². The molecular formula is C20H14BrF5N4O2S. The van der Waals surface area contributed by atoms with Crippen LogP contribution >= 0.6 is 15.9 Å². The summed E-state index contributed by atoms with van der Waals surface area (Å²) in [4.78, 5) is 12.0. The Balaban J connectivity index is 2.01. The molecule has 0 saturated heterocycles. The van der Waals surface area contributed by atoms with E-state index in [9.17, 15) is 30.4 Å². The first-order valence-electron chi connectivity index (χ1n) is 9.37. The molecule has 6 nitrogen and oxygen atoms in total. The van der Waals surface area contributed by atoms with Gasteiger partial charge in [0.05, 0.1) is 11.3 Å². The van der Waals surface area contributed by atoms with Gasteiger partial charge in [0.15, 0.2) is 21.3 Å². The number of rotatable bonds is 4. The molecule has 0 unspecified atom stereocenters. The average molecular weight is 549 g/mol. The van der Waals surface area contributed by atoms with Crippen LogP contribution in [0.3, 0.4) is 0 Å². The Morgan fingerprint density at radius 3 is 2.39 bits per heavy atom. The molecule has 0 amide bonds. The van der Waals surface area contributed by atoms with Crippen LogP contribution < -0.4 is 0 Å². The van der Waals surface area contributed by atoms with Crippen molar-refractivity contribution in [2.75, 3.05) is 5.75 Å². The molecule has 0 N–H and O–H groups in total. The summed E-state index contributed by atoms with van der Waals surface area (Å²) in [6.45, 7) is 1.46. The minimum absolute atomic E-state index is 0.00993. The molecule has 0 saturated carbocycles. The van der Waals surface area contributed by atoms with Crippen LogP contribution in [0.1, 0.15) is 12.5 Å². The number of hydrogen-bond acceptors (Lipinski definition) is 5. The number of imidazole rings is 1. The summed E-state index contributed by atoms with van der Waals surface area (Å²) in [6, 6.07) is 5.52. The Morgan fingerprint density at radius 1 is 1.06 bits per heavy atom. The van der Waals surface area contributed by atoms with Crippen molar-refractivity contribution in [2.45, 2.75) is 23.9 Å².